The van der Waals surface area contributed by atoms with Gasteiger partial charge >= 0.3 is 0 Å². The number of para-hydroxylation sites is 1. The predicted octanol–water partition coefficient (Wildman–Crippen LogP) is 1.07. The van der Waals surface area contributed by atoms with Crippen LogP contribution < -0.4 is 4.85 Å². The van der Waals surface area contributed by atoms with E-state index in [9.17, 15) is 15.4 Å². The first-order valence-electron chi connectivity index (χ1n) is 5.27. The molecular weight excluding hydrogens is 234 g/mol. The van der Waals surface area contributed by atoms with Gasteiger partial charge in [-0.15, -0.1) is 4.85 Å². The van der Waals surface area contributed by atoms with Gasteiger partial charge in [0.25, 0.3) is 0 Å². The van der Waals surface area contributed by atoms with Crippen molar-refractivity contribution in [2.75, 3.05) is 0 Å². The fourth-order valence-electron chi connectivity index (χ4n) is 1.79. The van der Waals surface area contributed by atoms with Crippen LogP contribution in [-0.2, 0) is 0 Å². The molecule has 0 aliphatic carbocycles. The van der Waals surface area contributed by atoms with Crippen LogP contribution in [0, 0.1) is 5.21 Å². The highest BCUT2D eigenvalue weighted by Crippen LogP contribution is 2.25. The highest BCUT2D eigenvalue weighted by atomic mass is 16.5. The van der Waals surface area contributed by atoms with Gasteiger partial charge in [-0.1, -0.05) is 12.1 Å². The fraction of sp³-hybridized carbons (Fsp3) is 0. The molecule has 0 unspecified atom stereocenters. The van der Waals surface area contributed by atoms with E-state index >= 15 is 0 Å². The second kappa shape index (κ2) is 3.63. The smallest absolute Gasteiger partial charge is 0.250 e. The van der Waals surface area contributed by atoms with Gasteiger partial charge in [0, 0.05) is 6.07 Å². The molecule has 2 aromatic carbocycles. The number of phenols is 2. The normalized spacial score (nSPS) is 10.9. The summed E-state index contributed by atoms with van der Waals surface area (Å²) in [7, 11) is 0. The van der Waals surface area contributed by atoms with Gasteiger partial charge in [0.15, 0.2) is 11.4 Å². The quantitative estimate of drug-likeness (QED) is 0.494. The van der Waals surface area contributed by atoms with Crippen molar-refractivity contribution in [3.05, 3.63) is 47.7 Å². The number of benzene rings is 2. The molecule has 0 saturated heterocycles. The molecular formula is C12H9N3O3. The van der Waals surface area contributed by atoms with Crippen LogP contribution in [0.3, 0.4) is 0 Å². The number of aromatic hydroxyl groups is 2. The maximum Gasteiger partial charge on any atom is 0.250 e. The molecule has 0 atom stereocenters. The second-order valence-electron chi connectivity index (χ2n) is 3.82. The first kappa shape index (κ1) is 10.4. The van der Waals surface area contributed by atoms with Crippen molar-refractivity contribution in [3.8, 4) is 17.2 Å². The van der Waals surface area contributed by atoms with Crippen molar-refractivity contribution in [2.45, 2.75) is 0 Å². The minimum atomic E-state index is -0.215. The molecule has 0 radical (unpaired) electrons. The predicted molar refractivity (Wildman–Crippen MR) is 63.4 cm³/mol. The van der Waals surface area contributed by atoms with Gasteiger partial charge in [-0.25, -0.2) is 0 Å². The van der Waals surface area contributed by atoms with Crippen LogP contribution in [0.5, 0.6) is 11.5 Å². The molecule has 1 heterocycles. The lowest BCUT2D eigenvalue weighted by atomic mass is 10.3. The minimum Gasteiger partial charge on any atom is -0.692 e. The molecule has 0 amide bonds. The van der Waals surface area contributed by atoms with E-state index < -0.39 is 0 Å². The molecule has 90 valence electrons. The number of nitrogens with zero attached hydrogens (tertiary/aromatic N) is 3. The molecule has 6 nitrogen and oxygen atoms in total. The summed E-state index contributed by atoms with van der Waals surface area (Å²) in [4.78, 5) is 1.63. The fourth-order valence-corrected chi connectivity index (χ4v) is 1.79. The van der Waals surface area contributed by atoms with Crippen molar-refractivity contribution in [3.63, 3.8) is 0 Å². The van der Waals surface area contributed by atoms with Crippen LogP contribution in [-0.4, -0.2) is 20.1 Å². The van der Waals surface area contributed by atoms with Gasteiger partial charge in [0.2, 0.25) is 11.0 Å². The Morgan fingerprint density at radius 1 is 1.11 bits per heavy atom. The SMILES string of the molecule is [O-][n+]1c2ccccc2nn1-c1ccc(O)cc1O. The van der Waals surface area contributed by atoms with E-state index in [0.717, 1.165) is 10.9 Å². The third-order valence-corrected chi connectivity index (χ3v) is 2.64. The van der Waals surface area contributed by atoms with E-state index in [0.29, 0.717) is 15.9 Å². The molecule has 0 saturated carbocycles. The van der Waals surface area contributed by atoms with E-state index in [-0.39, 0.29) is 17.2 Å². The van der Waals surface area contributed by atoms with Gasteiger partial charge in [-0.05, 0) is 29.1 Å². The molecule has 1 aromatic heterocycles. The van der Waals surface area contributed by atoms with Crippen LogP contribution in [0.25, 0.3) is 16.7 Å². The van der Waals surface area contributed by atoms with Crippen LogP contribution in [0.2, 0.25) is 0 Å². The molecule has 0 bridgehead atoms. The van der Waals surface area contributed by atoms with E-state index in [4.69, 9.17) is 0 Å². The summed E-state index contributed by atoms with van der Waals surface area (Å²) in [5.41, 5.74) is 1.14. The molecule has 6 heteroatoms. The molecule has 0 aliphatic rings. The Morgan fingerprint density at radius 3 is 2.61 bits per heavy atom. The minimum absolute atomic E-state index is 0.0783. The van der Waals surface area contributed by atoms with Crippen LogP contribution in [0.1, 0.15) is 0 Å². The zero-order chi connectivity index (χ0) is 12.7. The van der Waals surface area contributed by atoms with Gasteiger partial charge < -0.3 is 15.4 Å². The number of hydrogen-bond acceptors (Lipinski definition) is 4. The van der Waals surface area contributed by atoms with Crippen molar-refractivity contribution in [1.29, 1.82) is 0 Å². The molecule has 3 aromatic rings. The number of fused-ring (bicyclic) bond motifs is 1. The zero-order valence-electron chi connectivity index (χ0n) is 9.19. The highest BCUT2D eigenvalue weighted by Gasteiger charge is 2.18. The maximum atomic E-state index is 12.0. The number of phenolic OH excluding ortho intramolecular Hbond substituents is 2. The zero-order valence-corrected chi connectivity index (χ0v) is 9.19. The van der Waals surface area contributed by atoms with Gasteiger partial charge in [0.05, 0.1) is 5.10 Å². The third kappa shape index (κ3) is 1.43. The Kier molecular flexibility index (Phi) is 2.09. The number of rotatable bonds is 1. The van der Waals surface area contributed by atoms with Gasteiger partial charge in [-0.3, -0.25) is 0 Å². The average molecular weight is 243 g/mol. The van der Waals surface area contributed by atoms with Crippen molar-refractivity contribution in [1.82, 2.24) is 9.90 Å². The topological polar surface area (TPSA) is 85.2 Å². The second-order valence-corrected chi connectivity index (χ2v) is 3.82. The Hall–Kier alpha value is -2.76. The lowest BCUT2D eigenvalue weighted by Crippen LogP contribution is -2.37. The Morgan fingerprint density at radius 2 is 1.89 bits per heavy atom. The third-order valence-electron chi connectivity index (χ3n) is 2.64. The number of hydrogen-bond donors (Lipinski definition) is 2. The van der Waals surface area contributed by atoms with E-state index in [1.54, 1.807) is 24.3 Å². The van der Waals surface area contributed by atoms with Crippen LogP contribution >= 0.6 is 0 Å². The van der Waals surface area contributed by atoms with Crippen LogP contribution in [0.15, 0.2) is 42.5 Å². The molecule has 18 heavy (non-hydrogen) atoms. The average Bonchev–Trinajstić information content (AvgIpc) is 2.68. The van der Waals surface area contributed by atoms with Crippen molar-refractivity contribution in [2.24, 2.45) is 0 Å². The first-order valence-corrected chi connectivity index (χ1v) is 5.27. The molecule has 0 spiro atoms. The van der Waals surface area contributed by atoms with E-state index in [1.165, 1.54) is 12.1 Å². The molecule has 0 aliphatic heterocycles. The maximum absolute atomic E-state index is 12.0. The standard InChI is InChI=1S/C12H9N3O3/c16-8-5-6-11(12(17)7-8)14-13-9-3-1-2-4-10(9)15(14)18/h1-7,16-17H. The first-order chi connectivity index (χ1) is 8.66. The van der Waals surface area contributed by atoms with Crippen molar-refractivity contribution < 1.29 is 15.1 Å². The summed E-state index contributed by atoms with van der Waals surface area (Å²) < 4.78 is 0. The van der Waals surface area contributed by atoms with E-state index in [1.807, 2.05) is 0 Å². The molecule has 3 rings (SSSR count). The monoisotopic (exact) mass is 243 g/mol. The lowest BCUT2D eigenvalue weighted by molar-refractivity contribution is -0.664. The Labute approximate surface area is 102 Å². The summed E-state index contributed by atoms with van der Waals surface area (Å²) in [5, 5.41) is 35.0. The summed E-state index contributed by atoms with van der Waals surface area (Å²) in [6.45, 7) is 0. The highest BCUT2D eigenvalue weighted by molar-refractivity contribution is 5.70. The molecule has 0 fully saturated rings. The summed E-state index contributed by atoms with van der Waals surface area (Å²) in [5.74, 6) is -0.294. The lowest BCUT2D eigenvalue weighted by Gasteiger charge is -2.05. The summed E-state index contributed by atoms with van der Waals surface area (Å²) in [6.07, 6.45) is 0. The number of aromatic nitrogens is 3. The Bertz CT molecular complexity index is 737. The van der Waals surface area contributed by atoms with Gasteiger partial charge in [0.1, 0.15) is 5.75 Å². The largest absolute Gasteiger partial charge is 0.692 e. The van der Waals surface area contributed by atoms with E-state index in [2.05, 4.69) is 5.10 Å². The Balaban J connectivity index is 2.28. The van der Waals surface area contributed by atoms with Gasteiger partial charge in [-0.2, -0.15) is 0 Å². The molecule has 2 N–H and O–H groups in total. The van der Waals surface area contributed by atoms with Crippen molar-refractivity contribution >= 4 is 11.0 Å². The summed E-state index contributed by atoms with van der Waals surface area (Å²) >= 11 is 0. The van der Waals surface area contributed by atoms with Crippen LogP contribution in [0.4, 0.5) is 0 Å². The summed E-state index contributed by atoms with van der Waals surface area (Å²) in [6, 6.07) is 10.8.